The Labute approximate surface area is 177 Å². The van der Waals surface area contributed by atoms with Crippen LogP contribution in [0, 0.1) is 0 Å². The molecule has 2 atom stereocenters. The van der Waals surface area contributed by atoms with Gasteiger partial charge < -0.3 is 14.6 Å². The SMILES string of the molecule is C[C@@H](O)C[C@H]1CCc2sc3nccc(OC4CCC(N5CCOCC5)CC4)c3c21. The van der Waals surface area contributed by atoms with Gasteiger partial charge in [0.1, 0.15) is 10.6 Å². The maximum atomic E-state index is 9.96. The second-order valence-corrected chi connectivity index (χ2v) is 10.0. The van der Waals surface area contributed by atoms with Gasteiger partial charge in [0.05, 0.1) is 30.8 Å². The number of aromatic nitrogens is 1. The second kappa shape index (κ2) is 8.50. The van der Waals surface area contributed by atoms with Crippen molar-refractivity contribution in [2.24, 2.45) is 0 Å². The molecule has 0 unspecified atom stereocenters. The van der Waals surface area contributed by atoms with E-state index in [0.717, 1.165) is 69.0 Å². The van der Waals surface area contributed by atoms with E-state index in [2.05, 4.69) is 16.0 Å². The fourth-order valence-corrected chi connectivity index (χ4v) is 6.78. The number of thiophene rings is 1. The lowest BCUT2D eigenvalue weighted by Gasteiger charge is -2.38. The molecule has 1 aliphatic heterocycles. The maximum Gasteiger partial charge on any atom is 0.131 e. The number of morpholine rings is 1. The number of hydrogen-bond donors (Lipinski definition) is 1. The van der Waals surface area contributed by atoms with Crippen LogP contribution in [0.3, 0.4) is 0 Å². The zero-order chi connectivity index (χ0) is 19.8. The summed E-state index contributed by atoms with van der Waals surface area (Å²) >= 11 is 1.82. The molecule has 2 aromatic heterocycles. The number of aliphatic hydroxyl groups is 1. The Kier molecular flexibility index (Phi) is 5.78. The molecule has 1 saturated carbocycles. The summed E-state index contributed by atoms with van der Waals surface area (Å²) in [7, 11) is 0. The number of aryl methyl sites for hydroxylation is 1. The summed E-state index contributed by atoms with van der Waals surface area (Å²) in [6.45, 7) is 5.81. The molecule has 5 nitrogen and oxygen atoms in total. The quantitative estimate of drug-likeness (QED) is 0.795. The molecule has 0 amide bonds. The molecule has 1 N–H and O–H groups in total. The number of ether oxygens (including phenoxy) is 2. The predicted molar refractivity (Wildman–Crippen MR) is 116 cm³/mol. The highest BCUT2D eigenvalue weighted by molar-refractivity contribution is 7.19. The number of rotatable bonds is 5. The minimum Gasteiger partial charge on any atom is -0.490 e. The Morgan fingerprint density at radius 2 is 2.03 bits per heavy atom. The first kappa shape index (κ1) is 19.7. The lowest BCUT2D eigenvalue weighted by Crippen LogP contribution is -2.46. The standard InChI is InChI=1S/C23H32N2O3S/c1-15(26)14-16-2-7-20-21(16)22-19(8-9-24-23(22)29-20)28-18-5-3-17(4-6-18)25-10-12-27-13-11-25/h8-9,15-18,26H,2-7,10-14H2,1H3/t15-,16-,17?,18?/m1/s1. The van der Waals surface area contributed by atoms with Gasteiger partial charge in [0.2, 0.25) is 0 Å². The highest BCUT2D eigenvalue weighted by atomic mass is 32.1. The van der Waals surface area contributed by atoms with Gasteiger partial charge in [-0.2, -0.15) is 0 Å². The molecule has 0 bridgehead atoms. The van der Waals surface area contributed by atoms with E-state index in [-0.39, 0.29) is 6.10 Å². The summed E-state index contributed by atoms with van der Waals surface area (Å²) in [4.78, 5) is 9.80. The smallest absolute Gasteiger partial charge is 0.131 e. The average Bonchev–Trinajstić information content (AvgIpc) is 3.29. The average molecular weight is 417 g/mol. The van der Waals surface area contributed by atoms with Crippen LogP contribution in [-0.4, -0.2) is 59.5 Å². The van der Waals surface area contributed by atoms with Gasteiger partial charge in [0.15, 0.2) is 0 Å². The van der Waals surface area contributed by atoms with E-state index in [1.807, 2.05) is 24.5 Å². The number of fused-ring (bicyclic) bond motifs is 3. The van der Waals surface area contributed by atoms with Crippen LogP contribution in [0.25, 0.3) is 10.2 Å². The fraction of sp³-hybridized carbons (Fsp3) is 0.696. The summed E-state index contributed by atoms with van der Waals surface area (Å²) in [6, 6.07) is 2.75. The van der Waals surface area contributed by atoms with Crippen LogP contribution in [0.15, 0.2) is 12.3 Å². The maximum absolute atomic E-state index is 9.96. The summed E-state index contributed by atoms with van der Waals surface area (Å²) in [5, 5.41) is 11.2. The minimum absolute atomic E-state index is 0.266. The molecule has 158 valence electrons. The number of hydrogen-bond acceptors (Lipinski definition) is 6. The van der Waals surface area contributed by atoms with E-state index in [4.69, 9.17) is 9.47 Å². The van der Waals surface area contributed by atoms with Crippen LogP contribution in [0.5, 0.6) is 5.75 Å². The summed E-state index contributed by atoms with van der Waals surface area (Å²) < 4.78 is 12.1. The molecule has 1 saturated heterocycles. The van der Waals surface area contributed by atoms with Crippen molar-refractivity contribution in [3.8, 4) is 5.75 Å². The second-order valence-electron chi connectivity index (χ2n) is 8.95. The third-order valence-electron chi connectivity index (χ3n) is 6.92. The molecule has 6 heteroatoms. The van der Waals surface area contributed by atoms with E-state index in [9.17, 15) is 5.11 Å². The molecule has 0 spiro atoms. The van der Waals surface area contributed by atoms with Crippen molar-refractivity contribution in [3.05, 3.63) is 22.7 Å². The molecule has 3 heterocycles. The van der Waals surface area contributed by atoms with Gasteiger partial charge in [0, 0.05) is 30.2 Å². The molecule has 0 radical (unpaired) electrons. The lowest BCUT2D eigenvalue weighted by atomic mass is 9.91. The highest BCUT2D eigenvalue weighted by Crippen LogP contribution is 2.48. The monoisotopic (exact) mass is 416 g/mol. The zero-order valence-corrected chi connectivity index (χ0v) is 18.1. The van der Waals surface area contributed by atoms with Crippen LogP contribution in [0.4, 0.5) is 0 Å². The third-order valence-corrected chi connectivity index (χ3v) is 8.09. The van der Waals surface area contributed by atoms with Gasteiger partial charge in [-0.25, -0.2) is 4.98 Å². The molecule has 2 aromatic rings. The first-order valence-corrected chi connectivity index (χ1v) is 12.1. The van der Waals surface area contributed by atoms with E-state index in [0.29, 0.717) is 18.1 Å². The zero-order valence-electron chi connectivity index (χ0n) is 17.3. The van der Waals surface area contributed by atoms with Gasteiger partial charge >= 0.3 is 0 Å². The molecule has 29 heavy (non-hydrogen) atoms. The third kappa shape index (κ3) is 4.05. The number of nitrogens with zero attached hydrogens (tertiary/aromatic N) is 2. The Bertz CT molecular complexity index is 838. The lowest BCUT2D eigenvalue weighted by molar-refractivity contribution is -0.000920. The Hall–Kier alpha value is -1.21. The van der Waals surface area contributed by atoms with Crippen LogP contribution in [0.1, 0.15) is 61.8 Å². The first-order chi connectivity index (χ1) is 14.2. The van der Waals surface area contributed by atoms with Crippen molar-refractivity contribution in [2.45, 2.75) is 76.0 Å². The van der Waals surface area contributed by atoms with Gasteiger partial charge in [0.25, 0.3) is 0 Å². The molecule has 5 rings (SSSR count). The van der Waals surface area contributed by atoms with Crippen molar-refractivity contribution in [1.82, 2.24) is 9.88 Å². The van der Waals surface area contributed by atoms with E-state index < -0.39 is 0 Å². The fourth-order valence-electron chi connectivity index (χ4n) is 5.53. The molecular formula is C23H32N2O3S. The predicted octanol–water partition coefficient (Wildman–Crippen LogP) is 4.12. The summed E-state index contributed by atoms with van der Waals surface area (Å²) in [5.41, 5.74) is 1.41. The van der Waals surface area contributed by atoms with Crippen LogP contribution in [-0.2, 0) is 11.2 Å². The number of pyridine rings is 1. The van der Waals surface area contributed by atoms with Crippen LogP contribution < -0.4 is 4.74 Å². The highest BCUT2D eigenvalue weighted by Gasteiger charge is 2.32. The van der Waals surface area contributed by atoms with Gasteiger partial charge in [-0.05, 0) is 69.4 Å². The summed E-state index contributed by atoms with van der Waals surface area (Å²) in [6.07, 6.45) is 9.67. The molecule has 2 aliphatic carbocycles. The van der Waals surface area contributed by atoms with E-state index in [1.54, 1.807) is 0 Å². The molecule has 3 aliphatic rings. The minimum atomic E-state index is -0.266. The van der Waals surface area contributed by atoms with Crippen molar-refractivity contribution in [2.75, 3.05) is 26.3 Å². The molecule has 0 aromatic carbocycles. The van der Waals surface area contributed by atoms with Crippen molar-refractivity contribution < 1.29 is 14.6 Å². The topological polar surface area (TPSA) is 54.8 Å². The normalized spacial score (nSPS) is 29.1. The van der Waals surface area contributed by atoms with Gasteiger partial charge in [-0.15, -0.1) is 11.3 Å². The van der Waals surface area contributed by atoms with Crippen molar-refractivity contribution >= 4 is 21.6 Å². The van der Waals surface area contributed by atoms with Gasteiger partial charge in [-0.3, -0.25) is 4.90 Å². The van der Waals surface area contributed by atoms with Crippen molar-refractivity contribution in [3.63, 3.8) is 0 Å². The summed E-state index contributed by atoms with van der Waals surface area (Å²) in [5.74, 6) is 1.45. The Morgan fingerprint density at radius 3 is 2.79 bits per heavy atom. The van der Waals surface area contributed by atoms with E-state index >= 15 is 0 Å². The Morgan fingerprint density at radius 1 is 1.24 bits per heavy atom. The van der Waals surface area contributed by atoms with Gasteiger partial charge in [-0.1, -0.05) is 0 Å². The molecular weight excluding hydrogens is 384 g/mol. The van der Waals surface area contributed by atoms with Crippen LogP contribution >= 0.6 is 11.3 Å². The van der Waals surface area contributed by atoms with Crippen molar-refractivity contribution in [1.29, 1.82) is 0 Å². The van der Waals surface area contributed by atoms with E-state index in [1.165, 1.54) is 28.7 Å². The number of aliphatic hydroxyl groups excluding tert-OH is 1. The molecule has 2 fully saturated rings. The van der Waals surface area contributed by atoms with Crippen LogP contribution in [0.2, 0.25) is 0 Å². The largest absolute Gasteiger partial charge is 0.490 e. The Balaban J connectivity index is 1.31. The first-order valence-electron chi connectivity index (χ1n) is 11.3.